The monoisotopic (exact) mass is 479 g/mol. The van der Waals surface area contributed by atoms with Crippen molar-refractivity contribution >= 4 is 34.4 Å². The Morgan fingerprint density at radius 1 is 1.15 bits per heavy atom. The molecular weight excluding hydrogens is 459 g/mol. The predicted octanol–water partition coefficient (Wildman–Crippen LogP) is 4.15. The van der Waals surface area contributed by atoms with Crippen molar-refractivity contribution in [2.24, 2.45) is 0 Å². The molecule has 33 heavy (non-hydrogen) atoms. The van der Waals surface area contributed by atoms with Gasteiger partial charge < -0.3 is 10.1 Å². The Morgan fingerprint density at radius 2 is 1.88 bits per heavy atom. The number of benzene rings is 2. The first-order valence-corrected chi connectivity index (χ1v) is 10.7. The van der Waals surface area contributed by atoms with Gasteiger partial charge in [-0.25, -0.2) is 9.18 Å². The number of hydrogen-bond donors (Lipinski definition) is 3. The number of aromatic nitrogens is 2. The second-order valence-electron chi connectivity index (χ2n) is 7.76. The van der Waals surface area contributed by atoms with Gasteiger partial charge in [0, 0.05) is 22.2 Å². The summed E-state index contributed by atoms with van der Waals surface area (Å²) >= 11 is 6.19. The van der Waals surface area contributed by atoms with E-state index in [9.17, 15) is 18.0 Å². The molecule has 0 saturated carbocycles. The summed E-state index contributed by atoms with van der Waals surface area (Å²) in [5, 5.41) is 18.5. The molecule has 0 amide bonds. The molecule has 1 aliphatic heterocycles. The van der Waals surface area contributed by atoms with Gasteiger partial charge in [0.2, 0.25) is 5.90 Å². The summed E-state index contributed by atoms with van der Waals surface area (Å²) in [6.07, 6.45) is -1.61. The minimum Gasteiger partial charge on any atom is -0.419 e. The van der Waals surface area contributed by atoms with E-state index in [1.54, 1.807) is 22.8 Å². The minimum absolute atomic E-state index is 0.00374. The standard InChI is InChI=1S/C22H21ClF3N5O2/c23-14-3-4-17-18(10-14)31(15-5-7-29-8-6-15)22(32)30(17)11-13-2-1-12(9-16(13)24)20(27)33-21(28)19(25)26/h1-4,9-10,15,19,27-29H,5-8,11H2. The van der Waals surface area contributed by atoms with E-state index in [0.29, 0.717) is 16.1 Å². The van der Waals surface area contributed by atoms with Crippen molar-refractivity contribution in [2.75, 3.05) is 13.1 Å². The highest BCUT2D eigenvalue weighted by Crippen LogP contribution is 2.26. The van der Waals surface area contributed by atoms with E-state index in [1.807, 2.05) is 0 Å². The van der Waals surface area contributed by atoms with Crippen LogP contribution in [0.2, 0.25) is 5.02 Å². The number of hydrogen-bond acceptors (Lipinski definition) is 5. The number of alkyl halides is 2. The molecule has 0 unspecified atom stereocenters. The Morgan fingerprint density at radius 3 is 2.55 bits per heavy atom. The second kappa shape index (κ2) is 9.40. The maximum absolute atomic E-state index is 14.8. The predicted molar refractivity (Wildman–Crippen MR) is 119 cm³/mol. The Balaban J connectivity index is 1.68. The fraction of sp³-hybridized carbons (Fsp3) is 0.318. The van der Waals surface area contributed by atoms with E-state index in [2.05, 4.69) is 10.1 Å². The van der Waals surface area contributed by atoms with Crippen LogP contribution in [0.4, 0.5) is 13.2 Å². The number of fused-ring (bicyclic) bond motifs is 1. The first-order valence-electron chi connectivity index (χ1n) is 10.3. The summed E-state index contributed by atoms with van der Waals surface area (Å²) in [6, 6.07) is 8.77. The molecule has 174 valence electrons. The van der Waals surface area contributed by atoms with Crippen LogP contribution < -0.4 is 11.0 Å². The van der Waals surface area contributed by atoms with Crippen molar-refractivity contribution in [1.82, 2.24) is 14.5 Å². The molecule has 1 aliphatic rings. The highest BCUT2D eigenvalue weighted by molar-refractivity contribution is 6.31. The van der Waals surface area contributed by atoms with Crippen LogP contribution in [0.25, 0.3) is 11.0 Å². The lowest BCUT2D eigenvalue weighted by molar-refractivity contribution is 0.197. The molecule has 4 rings (SSSR count). The topological polar surface area (TPSA) is 95.9 Å². The number of imidazole rings is 1. The average Bonchev–Trinajstić information content (AvgIpc) is 3.05. The number of rotatable bonds is 5. The number of halogens is 4. The van der Waals surface area contributed by atoms with Crippen molar-refractivity contribution < 1.29 is 17.9 Å². The van der Waals surface area contributed by atoms with Gasteiger partial charge in [-0.3, -0.25) is 20.0 Å². The lowest BCUT2D eigenvalue weighted by Gasteiger charge is -2.23. The van der Waals surface area contributed by atoms with Gasteiger partial charge in [-0.05, 0) is 56.3 Å². The summed E-state index contributed by atoms with van der Waals surface area (Å²) in [5.74, 6) is -2.88. The van der Waals surface area contributed by atoms with Gasteiger partial charge in [-0.1, -0.05) is 17.7 Å². The largest absolute Gasteiger partial charge is 0.419 e. The van der Waals surface area contributed by atoms with Crippen molar-refractivity contribution in [3.63, 3.8) is 0 Å². The Hall–Kier alpha value is -3.11. The van der Waals surface area contributed by atoms with Crippen LogP contribution in [0.15, 0.2) is 41.2 Å². The number of piperidine rings is 1. The fourth-order valence-corrected chi connectivity index (χ4v) is 4.19. The molecule has 0 spiro atoms. The van der Waals surface area contributed by atoms with E-state index in [0.717, 1.165) is 32.0 Å². The number of ether oxygens (including phenoxy) is 1. The summed E-state index contributed by atoms with van der Waals surface area (Å²) < 4.78 is 47.4. The molecule has 3 N–H and O–H groups in total. The third-order valence-electron chi connectivity index (χ3n) is 5.65. The summed E-state index contributed by atoms with van der Waals surface area (Å²) in [5.41, 5.74) is 1.10. The molecule has 0 aliphatic carbocycles. The molecule has 2 heterocycles. The fourth-order valence-electron chi connectivity index (χ4n) is 4.03. The molecule has 1 fully saturated rings. The van der Waals surface area contributed by atoms with Gasteiger partial charge >= 0.3 is 12.1 Å². The number of nitrogens with zero attached hydrogens (tertiary/aromatic N) is 2. The van der Waals surface area contributed by atoms with Crippen molar-refractivity contribution in [3.8, 4) is 0 Å². The molecule has 11 heteroatoms. The SMILES string of the molecule is N=C(OC(=N)C(F)F)c1ccc(Cn2c(=O)n(C3CCNCC3)c3cc(Cl)ccc32)c(F)c1. The molecule has 3 aromatic rings. The maximum Gasteiger partial charge on any atom is 0.329 e. The molecule has 0 bridgehead atoms. The quantitative estimate of drug-likeness (QED) is 0.379. The van der Waals surface area contributed by atoms with Crippen LogP contribution in [0.3, 0.4) is 0 Å². The van der Waals surface area contributed by atoms with Gasteiger partial charge in [0.05, 0.1) is 17.6 Å². The van der Waals surface area contributed by atoms with Gasteiger partial charge in [0.1, 0.15) is 5.82 Å². The Bertz CT molecular complexity index is 1280. The second-order valence-corrected chi connectivity index (χ2v) is 8.19. The molecule has 7 nitrogen and oxygen atoms in total. The van der Waals surface area contributed by atoms with Crippen molar-refractivity contribution in [3.05, 3.63) is 68.8 Å². The highest BCUT2D eigenvalue weighted by atomic mass is 35.5. The van der Waals surface area contributed by atoms with Gasteiger partial charge in [0.25, 0.3) is 5.90 Å². The maximum atomic E-state index is 14.8. The third-order valence-corrected chi connectivity index (χ3v) is 5.89. The number of nitrogens with one attached hydrogen (secondary N) is 3. The lowest BCUT2D eigenvalue weighted by atomic mass is 10.1. The zero-order valence-corrected chi connectivity index (χ0v) is 18.1. The van der Waals surface area contributed by atoms with Crippen LogP contribution in [0.1, 0.15) is 30.0 Å². The molecule has 0 radical (unpaired) electrons. The van der Waals surface area contributed by atoms with E-state index < -0.39 is 24.0 Å². The van der Waals surface area contributed by atoms with Crippen LogP contribution in [0, 0.1) is 16.6 Å². The average molecular weight is 480 g/mol. The molecular formula is C22H21ClF3N5O2. The van der Waals surface area contributed by atoms with E-state index in [1.165, 1.54) is 16.7 Å². The lowest BCUT2D eigenvalue weighted by Crippen LogP contribution is -2.35. The van der Waals surface area contributed by atoms with Gasteiger partial charge in [-0.2, -0.15) is 8.78 Å². The molecule has 2 aromatic carbocycles. The minimum atomic E-state index is -3.17. The van der Waals surface area contributed by atoms with Crippen LogP contribution in [-0.2, 0) is 11.3 Å². The summed E-state index contributed by atoms with van der Waals surface area (Å²) in [6.45, 7) is 1.51. The molecule has 1 aromatic heterocycles. The Kier molecular flexibility index (Phi) is 6.57. The first-order chi connectivity index (χ1) is 15.8. The third kappa shape index (κ3) is 4.67. The van der Waals surface area contributed by atoms with Crippen molar-refractivity contribution in [1.29, 1.82) is 10.8 Å². The van der Waals surface area contributed by atoms with Gasteiger partial charge in [0.15, 0.2) is 0 Å². The van der Waals surface area contributed by atoms with Crippen LogP contribution in [0.5, 0.6) is 0 Å². The smallest absolute Gasteiger partial charge is 0.329 e. The van der Waals surface area contributed by atoms with E-state index >= 15 is 0 Å². The normalized spacial score (nSPS) is 14.7. The zero-order valence-electron chi connectivity index (χ0n) is 17.4. The van der Waals surface area contributed by atoms with Crippen LogP contribution in [-0.4, -0.2) is 40.4 Å². The highest BCUT2D eigenvalue weighted by Gasteiger charge is 2.23. The molecule has 1 saturated heterocycles. The van der Waals surface area contributed by atoms with Gasteiger partial charge in [-0.15, -0.1) is 0 Å². The van der Waals surface area contributed by atoms with E-state index in [-0.39, 0.29) is 29.4 Å². The molecule has 0 atom stereocenters. The zero-order chi connectivity index (χ0) is 23.7. The summed E-state index contributed by atoms with van der Waals surface area (Å²) in [4.78, 5) is 13.4. The van der Waals surface area contributed by atoms with E-state index in [4.69, 9.17) is 22.4 Å². The van der Waals surface area contributed by atoms with Crippen LogP contribution >= 0.6 is 11.6 Å². The Labute approximate surface area is 191 Å². The summed E-state index contributed by atoms with van der Waals surface area (Å²) in [7, 11) is 0. The first kappa shape index (κ1) is 23.1. The van der Waals surface area contributed by atoms with Crippen molar-refractivity contribution in [2.45, 2.75) is 31.9 Å².